The minimum absolute atomic E-state index is 0.247. The van der Waals surface area contributed by atoms with E-state index >= 15 is 0 Å². The van der Waals surface area contributed by atoms with E-state index in [9.17, 15) is 4.39 Å². The minimum atomic E-state index is -0.375. The minimum Gasteiger partial charge on any atom is -0.497 e. The molecule has 1 fully saturated rings. The van der Waals surface area contributed by atoms with E-state index in [4.69, 9.17) is 14.5 Å². The van der Waals surface area contributed by atoms with Gasteiger partial charge in [-0.1, -0.05) is 6.42 Å². The number of fused-ring (bicyclic) bond motifs is 2. The summed E-state index contributed by atoms with van der Waals surface area (Å²) in [5.41, 5.74) is 6.92. The van der Waals surface area contributed by atoms with Crippen molar-refractivity contribution in [2.45, 2.75) is 38.2 Å². The summed E-state index contributed by atoms with van der Waals surface area (Å²) < 4.78 is 25.8. The number of rotatable bonds is 6. The summed E-state index contributed by atoms with van der Waals surface area (Å²) in [6.07, 6.45) is 13.2. The molecule has 0 atom stereocenters. The Labute approximate surface area is 229 Å². The number of pyridine rings is 3. The van der Waals surface area contributed by atoms with Crippen molar-refractivity contribution in [3.8, 4) is 45.3 Å². The molecular formula is C31H27FN6O2. The van der Waals surface area contributed by atoms with Crippen molar-refractivity contribution in [1.29, 1.82) is 0 Å². The van der Waals surface area contributed by atoms with Crippen molar-refractivity contribution in [1.82, 2.24) is 30.1 Å². The van der Waals surface area contributed by atoms with Gasteiger partial charge in [-0.25, -0.2) is 9.37 Å². The zero-order valence-electron chi connectivity index (χ0n) is 21.9. The van der Waals surface area contributed by atoms with Gasteiger partial charge >= 0.3 is 0 Å². The van der Waals surface area contributed by atoms with Crippen molar-refractivity contribution in [3.63, 3.8) is 0 Å². The molecule has 200 valence electrons. The summed E-state index contributed by atoms with van der Waals surface area (Å²) in [7, 11) is 1.52. The quantitative estimate of drug-likeness (QED) is 0.237. The fourth-order valence-electron chi connectivity index (χ4n) is 5.49. The third-order valence-corrected chi connectivity index (χ3v) is 7.49. The molecule has 0 amide bonds. The van der Waals surface area contributed by atoms with Crippen LogP contribution in [-0.2, 0) is 0 Å². The lowest BCUT2D eigenvalue weighted by Crippen LogP contribution is -2.19. The topological polar surface area (TPSA) is 102 Å². The molecule has 8 nitrogen and oxygen atoms in total. The molecule has 1 saturated carbocycles. The molecule has 0 radical (unpaired) electrons. The van der Waals surface area contributed by atoms with Gasteiger partial charge in [0, 0.05) is 35.0 Å². The first-order valence-electron chi connectivity index (χ1n) is 13.4. The summed E-state index contributed by atoms with van der Waals surface area (Å²) in [4.78, 5) is 17.2. The van der Waals surface area contributed by atoms with Crippen molar-refractivity contribution in [3.05, 3.63) is 73.1 Å². The molecule has 1 aliphatic rings. The predicted octanol–water partition coefficient (Wildman–Crippen LogP) is 7.09. The number of aromatic nitrogens is 6. The maximum absolute atomic E-state index is 14.3. The number of nitrogens with one attached hydrogen (secondary N) is 2. The number of methoxy groups -OCH3 is 1. The van der Waals surface area contributed by atoms with Gasteiger partial charge in [0.15, 0.2) is 0 Å². The van der Waals surface area contributed by atoms with E-state index in [0.717, 1.165) is 63.0 Å². The van der Waals surface area contributed by atoms with Gasteiger partial charge in [0.1, 0.15) is 28.5 Å². The fourth-order valence-corrected chi connectivity index (χ4v) is 5.49. The van der Waals surface area contributed by atoms with E-state index in [2.05, 4.69) is 25.1 Å². The van der Waals surface area contributed by atoms with Gasteiger partial charge in [-0.2, -0.15) is 5.10 Å². The average molecular weight is 535 g/mol. The molecule has 1 aliphatic carbocycles. The molecule has 0 unspecified atom stereocenters. The highest BCUT2D eigenvalue weighted by atomic mass is 19.1. The van der Waals surface area contributed by atoms with Crippen LogP contribution in [0, 0.1) is 5.82 Å². The number of benzene rings is 1. The van der Waals surface area contributed by atoms with E-state index in [1.54, 1.807) is 30.9 Å². The van der Waals surface area contributed by atoms with Crippen LogP contribution in [0.15, 0.2) is 67.3 Å². The number of H-pyrrole nitrogens is 2. The van der Waals surface area contributed by atoms with E-state index < -0.39 is 0 Å². The zero-order chi connectivity index (χ0) is 27.1. The van der Waals surface area contributed by atoms with Crippen LogP contribution in [0.1, 0.15) is 32.1 Å². The normalized spacial score (nSPS) is 14.2. The van der Waals surface area contributed by atoms with E-state index in [1.807, 2.05) is 24.3 Å². The zero-order valence-corrected chi connectivity index (χ0v) is 21.9. The van der Waals surface area contributed by atoms with Gasteiger partial charge in [0.2, 0.25) is 0 Å². The Kier molecular flexibility index (Phi) is 6.11. The number of halogens is 1. The summed E-state index contributed by atoms with van der Waals surface area (Å²) in [6, 6.07) is 12.5. The molecule has 7 rings (SSSR count). The standard InChI is InChI=1S/C31H27FN6O2/c1-39-22-10-18(9-20(32)12-22)25-16-34-17-29-24(25)13-28(35-29)31-30-27(37-38-31)8-7-26(36-30)19-11-23(15-33-14-19)40-21-5-3-2-4-6-21/h7-17,21,35H,2-6H2,1H3,(H,37,38). The largest absolute Gasteiger partial charge is 0.497 e. The third-order valence-electron chi connectivity index (χ3n) is 7.49. The molecule has 40 heavy (non-hydrogen) atoms. The van der Waals surface area contributed by atoms with Crippen LogP contribution in [0.3, 0.4) is 0 Å². The summed E-state index contributed by atoms with van der Waals surface area (Å²) in [5.74, 6) is 0.837. The molecule has 5 heterocycles. The lowest BCUT2D eigenvalue weighted by Gasteiger charge is -2.22. The van der Waals surface area contributed by atoms with E-state index in [-0.39, 0.29) is 11.9 Å². The summed E-state index contributed by atoms with van der Waals surface area (Å²) in [6.45, 7) is 0. The van der Waals surface area contributed by atoms with Crippen molar-refractivity contribution < 1.29 is 13.9 Å². The SMILES string of the molecule is COc1cc(F)cc(-c2cncc3[nH]c(-c4n[nH]c5ccc(-c6cncc(OC7CCCCC7)c6)nc45)cc23)c1. The first-order chi connectivity index (χ1) is 19.6. The monoisotopic (exact) mass is 534 g/mol. The van der Waals surface area contributed by atoms with Crippen LogP contribution in [0.5, 0.6) is 11.5 Å². The van der Waals surface area contributed by atoms with Gasteiger partial charge < -0.3 is 14.5 Å². The molecule has 5 aromatic heterocycles. The highest BCUT2D eigenvalue weighted by molar-refractivity contribution is 6.00. The van der Waals surface area contributed by atoms with Crippen LogP contribution >= 0.6 is 0 Å². The second-order valence-corrected chi connectivity index (χ2v) is 10.2. The molecule has 2 N–H and O–H groups in total. The first kappa shape index (κ1) is 24.3. The number of ether oxygens (including phenoxy) is 2. The highest BCUT2D eigenvalue weighted by Crippen LogP contribution is 2.35. The smallest absolute Gasteiger partial charge is 0.138 e. The van der Waals surface area contributed by atoms with Crippen molar-refractivity contribution in [2.75, 3.05) is 7.11 Å². The Bertz CT molecular complexity index is 1840. The van der Waals surface area contributed by atoms with Gasteiger partial charge in [0.25, 0.3) is 0 Å². The van der Waals surface area contributed by atoms with Crippen LogP contribution in [0.2, 0.25) is 0 Å². The fraction of sp³-hybridized carbons (Fsp3) is 0.226. The van der Waals surface area contributed by atoms with Gasteiger partial charge in [-0.05, 0) is 67.6 Å². The van der Waals surface area contributed by atoms with E-state index in [0.29, 0.717) is 17.0 Å². The van der Waals surface area contributed by atoms with Crippen molar-refractivity contribution in [2.24, 2.45) is 0 Å². The van der Waals surface area contributed by atoms with Gasteiger partial charge in [-0.3, -0.25) is 15.1 Å². The van der Waals surface area contributed by atoms with Gasteiger partial charge in [-0.15, -0.1) is 0 Å². The number of aromatic amines is 2. The van der Waals surface area contributed by atoms with Crippen molar-refractivity contribution >= 4 is 21.9 Å². The third kappa shape index (κ3) is 4.53. The van der Waals surface area contributed by atoms with E-state index in [1.165, 1.54) is 38.5 Å². The Morgan fingerprint density at radius 2 is 1.70 bits per heavy atom. The second kappa shape index (κ2) is 10.1. The summed E-state index contributed by atoms with van der Waals surface area (Å²) in [5, 5.41) is 8.55. The molecule has 0 spiro atoms. The molecular weight excluding hydrogens is 507 g/mol. The Hall–Kier alpha value is -4.79. The van der Waals surface area contributed by atoms with Crippen LogP contribution in [-0.4, -0.2) is 43.3 Å². The van der Waals surface area contributed by atoms with Crippen LogP contribution < -0.4 is 9.47 Å². The predicted molar refractivity (Wildman–Crippen MR) is 152 cm³/mol. The molecule has 9 heteroatoms. The molecule has 0 aliphatic heterocycles. The number of hydrogen-bond acceptors (Lipinski definition) is 6. The second-order valence-electron chi connectivity index (χ2n) is 10.2. The van der Waals surface area contributed by atoms with Crippen LogP contribution in [0.4, 0.5) is 4.39 Å². The lowest BCUT2D eigenvalue weighted by atomic mass is 9.98. The highest BCUT2D eigenvalue weighted by Gasteiger charge is 2.18. The molecule has 0 bridgehead atoms. The maximum Gasteiger partial charge on any atom is 0.138 e. The summed E-state index contributed by atoms with van der Waals surface area (Å²) >= 11 is 0. The molecule has 6 aromatic rings. The Morgan fingerprint density at radius 1 is 0.850 bits per heavy atom. The first-order valence-corrected chi connectivity index (χ1v) is 13.4. The number of hydrogen-bond donors (Lipinski definition) is 2. The average Bonchev–Trinajstić information content (AvgIpc) is 3.61. The Balaban J connectivity index is 1.26. The van der Waals surface area contributed by atoms with Crippen LogP contribution in [0.25, 0.3) is 55.7 Å². The molecule has 1 aromatic carbocycles. The number of nitrogens with zero attached hydrogens (tertiary/aromatic N) is 4. The molecule has 0 saturated heterocycles. The maximum atomic E-state index is 14.3. The van der Waals surface area contributed by atoms with Gasteiger partial charge in [0.05, 0.1) is 48.0 Å². The Morgan fingerprint density at radius 3 is 2.58 bits per heavy atom. The lowest BCUT2D eigenvalue weighted by molar-refractivity contribution is 0.154.